The molecule has 1 saturated carbocycles. The van der Waals surface area contributed by atoms with Crippen molar-refractivity contribution in [1.82, 2.24) is 0 Å². The highest BCUT2D eigenvalue weighted by Crippen LogP contribution is 2.26. The van der Waals surface area contributed by atoms with Crippen LogP contribution in [-0.2, 0) is 9.59 Å². The topological polar surface area (TPSA) is 72.5 Å². The van der Waals surface area contributed by atoms with Gasteiger partial charge in [-0.3, -0.25) is 9.59 Å². The number of ketones is 1. The lowest BCUT2D eigenvalue weighted by molar-refractivity contribution is -0.118. The summed E-state index contributed by atoms with van der Waals surface area (Å²) in [6.07, 6.45) is 7.72. The molecule has 1 fully saturated rings. The van der Waals surface area contributed by atoms with Crippen molar-refractivity contribution in [2.24, 2.45) is 16.6 Å². The van der Waals surface area contributed by atoms with Gasteiger partial charge in [0.25, 0.3) is 0 Å². The van der Waals surface area contributed by atoms with E-state index in [-0.39, 0.29) is 11.7 Å². The van der Waals surface area contributed by atoms with Crippen molar-refractivity contribution in [3.63, 3.8) is 0 Å². The molecule has 1 rings (SSSR count). The third-order valence-corrected chi connectivity index (χ3v) is 3.47. The molecular formula is C14H24N2O2. The minimum absolute atomic E-state index is 0.0679. The molecule has 18 heavy (non-hydrogen) atoms. The van der Waals surface area contributed by atoms with Crippen LogP contribution in [0.5, 0.6) is 0 Å². The SMILES string of the molecule is CC(=O)C(CC1CCCCC1)=NC(=O)CCCN. The van der Waals surface area contributed by atoms with Crippen LogP contribution >= 0.6 is 0 Å². The van der Waals surface area contributed by atoms with Gasteiger partial charge in [-0.2, -0.15) is 0 Å². The highest BCUT2D eigenvalue weighted by molar-refractivity contribution is 6.40. The summed E-state index contributed by atoms with van der Waals surface area (Å²) in [5, 5.41) is 0. The lowest BCUT2D eigenvalue weighted by atomic mass is 9.85. The number of hydrogen-bond acceptors (Lipinski definition) is 3. The predicted octanol–water partition coefficient (Wildman–Crippen LogP) is 2.25. The number of nitrogens with two attached hydrogens (primary N) is 1. The van der Waals surface area contributed by atoms with Gasteiger partial charge in [-0.15, -0.1) is 0 Å². The molecule has 1 aliphatic rings. The van der Waals surface area contributed by atoms with Crippen LogP contribution in [0, 0.1) is 5.92 Å². The summed E-state index contributed by atoms with van der Waals surface area (Å²) in [4.78, 5) is 27.1. The molecule has 0 unspecified atom stereocenters. The Bertz CT molecular complexity index is 318. The molecule has 1 amide bonds. The molecule has 4 nitrogen and oxygen atoms in total. The zero-order valence-corrected chi connectivity index (χ0v) is 11.3. The van der Waals surface area contributed by atoms with Crippen molar-refractivity contribution in [3.8, 4) is 0 Å². The molecule has 0 bridgehead atoms. The van der Waals surface area contributed by atoms with Crippen LogP contribution in [0.4, 0.5) is 0 Å². The predicted molar refractivity (Wildman–Crippen MR) is 72.6 cm³/mol. The Hall–Kier alpha value is -1.03. The average molecular weight is 252 g/mol. The molecule has 0 aromatic rings. The maximum absolute atomic E-state index is 11.6. The van der Waals surface area contributed by atoms with Crippen LogP contribution in [0.3, 0.4) is 0 Å². The number of hydrogen-bond donors (Lipinski definition) is 1. The first-order valence-electron chi connectivity index (χ1n) is 6.95. The largest absolute Gasteiger partial charge is 0.330 e. The normalized spacial score (nSPS) is 17.8. The van der Waals surface area contributed by atoms with Gasteiger partial charge in [-0.1, -0.05) is 32.1 Å². The van der Waals surface area contributed by atoms with Gasteiger partial charge in [0.2, 0.25) is 5.91 Å². The van der Waals surface area contributed by atoms with E-state index in [0.717, 1.165) is 12.8 Å². The van der Waals surface area contributed by atoms with E-state index in [1.807, 2.05) is 0 Å². The third kappa shape index (κ3) is 5.54. The number of carbonyl (C=O) groups excluding carboxylic acids is 2. The average Bonchev–Trinajstić information content (AvgIpc) is 2.36. The van der Waals surface area contributed by atoms with Crippen LogP contribution < -0.4 is 5.73 Å². The Morgan fingerprint density at radius 2 is 1.89 bits per heavy atom. The zero-order chi connectivity index (χ0) is 13.4. The molecule has 0 atom stereocenters. The van der Waals surface area contributed by atoms with E-state index in [2.05, 4.69) is 4.99 Å². The number of amides is 1. The fraction of sp³-hybridized carbons (Fsp3) is 0.786. The van der Waals surface area contributed by atoms with E-state index in [9.17, 15) is 9.59 Å². The summed E-state index contributed by atoms with van der Waals surface area (Å²) < 4.78 is 0. The van der Waals surface area contributed by atoms with Gasteiger partial charge in [-0.05, 0) is 25.3 Å². The second-order valence-corrected chi connectivity index (χ2v) is 5.11. The minimum atomic E-state index is -0.207. The summed E-state index contributed by atoms with van der Waals surface area (Å²) >= 11 is 0. The maximum atomic E-state index is 11.6. The maximum Gasteiger partial charge on any atom is 0.246 e. The summed E-state index contributed by atoms with van der Waals surface area (Å²) in [5.74, 6) is 0.256. The first kappa shape index (κ1) is 15.0. The van der Waals surface area contributed by atoms with Crippen molar-refractivity contribution in [2.75, 3.05) is 6.54 Å². The van der Waals surface area contributed by atoms with Crippen molar-refractivity contribution >= 4 is 17.4 Å². The molecule has 0 heterocycles. The van der Waals surface area contributed by atoms with Crippen LogP contribution in [0.15, 0.2) is 4.99 Å². The minimum Gasteiger partial charge on any atom is -0.330 e. The summed E-state index contributed by atoms with van der Waals surface area (Å²) in [5.41, 5.74) is 5.81. The standard InChI is InChI=1S/C14H24N2O2/c1-11(17)13(16-14(18)8-5-9-15)10-12-6-3-2-4-7-12/h12H,2-10,15H2,1H3. The highest BCUT2D eigenvalue weighted by atomic mass is 16.1. The first-order valence-corrected chi connectivity index (χ1v) is 6.95. The second kappa shape index (κ2) is 8.14. The molecular weight excluding hydrogens is 228 g/mol. The molecule has 0 aliphatic heterocycles. The summed E-state index contributed by atoms with van der Waals surface area (Å²) in [7, 11) is 0. The van der Waals surface area contributed by atoms with Gasteiger partial charge in [0.1, 0.15) is 0 Å². The molecule has 0 aromatic carbocycles. The fourth-order valence-corrected chi connectivity index (χ4v) is 2.39. The fourth-order valence-electron chi connectivity index (χ4n) is 2.39. The lowest BCUT2D eigenvalue weighted by Gasteiger charge is -2.21. The molecule has 1 aliphatic carbocycles. The van der Waals surface area contributed by atoms with Crippen LogP contribution in [0.2, 0.25) is 0 Å². The Morgan fingerprint density at radius 3 is 2.44 bits per heavy atom. The van der Waals surface area contributed by atoms with E-state index < -0.39 is 0 Å². The molecule has 2 N–H and O–H groups in total. The monoisotopic (exact) mass is 252 g/mol. The lowest BCUT2D eigenvalue weighted by Crippen LogP contribution is -2.19. The molecule has 4 heteroatoms. The number of rotatable bonds is 6. The van der Waals surface area contributed by atoms with Crippen LogP contribution in [0.1, 0.15) is 58.3 Å². The first-order chi connectivity index (χ1) is 8.63. The molecule has 0 spiro atoms. The highest BCUT2D eigenvalue weighted by Gasteiger charge is 2.18. The Labute approximate surface area is 109 Å². The number of nitrogens with zero attached hydrogens (tertiary/aromatic N) is 1. The number of aliphatic imine (C=N–C) groups is 1. The van der Waals surface area contributed by atoms with Crippen LogP contribution in [-0.4, -0.2) is 23.9 Å². The van der Waals surface area contributed by atoms with Gasteiger partial charge < -0.3 is 5.73 Å². The van der Waals surface area contributed by atoms with Gasteiger partial charge in [0, 0.05) is 13.3 Å². The number of Topliss-reactive ketones (excluding diaryl/α,β-unsaturated/α-hetero) is 1. The van der Waals surface area contributed by atoms with E-state index >= 15 is 0 Å². The Morgan fingerprint density at radius 1 is 1.22 bits per heavy atom. The number of carbonyl (C=O) groups is 2. The van der Waals surface area contributed by atoms with E-state index in [0.29, 0.717) is 37.4 Å². The van der Waals surface area contributed by atoms with Gasteiger partial charge in [0.15, 0.2) is 5.78 Å². The van der Waals surface area contributed by atoms with E-state index in [1.165, 1.54) is 26.2 Å². The molecule has 102 valence electrons. The van der Waals surface area contributed by atoms with Crippen molar-refractivity contribution in [3.05, 3.63) is 0 Å². The summed E-state index contributed by atoms with van der Waals surface area (Å²) in [6.45, 7) is 1.98. The van der Waals surface area contributed by atoms with Crippen molar-refractivity contribution in [1.29, 1.82) is 0 Å². The molecule has 0 saturated heterocycles. The van der Waals surface area contributed by atoms with Gasteiger partial charge in [-0.25, -0.2) is 4.99 Å². The molecule has 0 aromatic heterocycles. The van der Waals surface area contributed by atoms with Gasteiger partial charge >= 0.3 is 0 Å². The van der Waals surface area contributed by atoms with E-state index in [1.54, 1.807) is 0 Å². The molecule has 0 radical (unpaired) electrons. The van der Waals surface area contributed by atoms with Gasteiger partial charge in [0.05, 0.1) is 5.71 Å². The van der Waals surface area contributed by atoms with Crippen molar-refractivity contribution < 1.29 is 9.59 Å². The Kier molecular flexibility index (Phi) is 6.80. The Balaban J connectivity index is 2.55. The third-order valence-electron chi connectivity index (χ3n) is 3.47. The second-order valence-electron chi connectivity index (χ2n) is 5.11. The van der Waals surface area contributed by atoms with E-state index in [4.69, 9.17) is 5.73 Å². The smallest absolute Gasteiger partial charge is 0.246 e. The van der Waals surface area contributed by atoms with Crippen molar-refractivity contribution in [2.45, 2.75) is 58.3 Å². The zero-order valence-electron chi connectivity index (χ0n) is 11.3. The quantitative estimate of drug-likeness (QED) is 0.737. The summed E-state index contributed by atoms with van der Waals surface area (Å²) in [6, 6.07) is 0. The van der Waals surface area contributed by atoms with Crippen LogP contribution in [0.25, 0.3) is 0 Å².